The Morgan fingerprint density at radius 3 is 2.42 bits per heavy atom. The fourth-order valence-corrected chi connectivity index (χ4v) is 1.97. The van der Waals surface area contributed by atoms with E-state index >= 15 is 0 Å². The lowest BCUT2D eigenvalue weighted by Gasteiger charge is -2.28. The van der Waals surface area contributed by atoms with Gasteiger partial charge in [0.1, 0.15) is 0 Å². The minimum absolute atomic E-state index is 0.418. The Kier molecular flexibility index (Phi) is 6.22. The van der Waals surface area contributed by atoms with Gasteiger partial charge in [-0.25, -0.2) is 9.97 Å². The smallest absolute Gasteiger partial charge is 0.225 e. The minimum atomic E-state index is 0.418. The molecule has 1 aromatic rings. The first kappa shape index (κ1) is 15.9. The molecule has 0 aliphatic carbocycles. The van der Waals surface area contributed by atoms with Crippen molar-refractivity contribution in [2.75, 3.05) is 18.0 Å². The van der Waals surface area contributed by atoms with E-state index in [-0.39, 0.29) is 0 Å². The molecular weight excluding hydrogens is 236 g/mol. The van der Waals surface area contributed by atoms with E-state index in [9.17, 15) is 0 Å². The van der Waals surface area contributed by atoms with Gasteiger partial charge in [0.2, 0.25) is 5.95 Å². The lowest BCUT2D eigenvalue weighted by molar-refractivity contribution is 0.559. The van der Waals surface area contributed by atoms with Crippen molar-refractivity contribution in [3.05, 3.63) is 17.5 Å². The average Bonchev–Trinajstić information content (AvgIpc) is 2.34. The molecule has 0 aliphatic heterocycles. The third-order valence-corrected chi connectivity index (χ3v) is 3.08. The van der Waals surface area contributed by atoms with Crippen LogP contribution in [0.15, 0.2) is 6.20 Å². The minimum Gasteiger partial charge on any atom is -0.338 e. The maximum atomic E-state index is 4.68. The molecule has 0 saturated carbocycles. The third kappa shape index (κ3) is 4.78. The van der Waals surface area contributed by atoms with Gasteiger partial charge in [0.25, 0.3) is 0 Å². The van der Waals surface area contributed by atoms with E-state index in [1.54, 1.807) is 0 Å². The number of anilines is 1. The van der Waals surface area contributed by atoms with Crippen molar-refractivity contribution < 1.29 is 0 Å². The first-order chi connectivity index (χ1) is 8.95. The third-order valence-electron chi connectivity index (χ3n) is 3.08. The Balaban J connectivity index is 2.90. The number of hydrogen-bond acceptors (Lipinski definition) is 4. The maximum Gasteiger partial charge on any atom is 0.225 e. The highest BCUT2D eigenvalue weighted by atomic mass is 15.3. The lowest BCUT2D eigenvalue weighted by atomic mass is 10.2. The second kappa shape index (κ2) is 7.43. The summed E-state index contributed by atoms with van der Waals surface area (Å²) in [6, 6.07) is 0.418. The summed E-state index contributed by atoms with van der Waals surface area (Å²) < 4.78 is 0. The molecule has 0 radical (unpaired) electrons. The number of nitrogens with zero attached hydrogens (tertiary/aromatic N) is 3. The Morgan fingerprint density at radius 2 is 1.95 bits per heavy atom. The van der Waals surface area contributed by atoms with Crippen LogP contribution in [0.4, 0.5) is 5.95 Å². The molecule has 0 saturated heterocycles. The predicted molar refractivity (Wildman–Crippen MR) is 81.5 cm³/mol. The fraction of sp³-hybridized carbons (Fsp3) is 0.733. The number of hydrogen-bond donors (Lipinski definition) is 1. The standard InChI is InChI=1S/C15H28N4/c1-7-16-8-14-9-17-15(18-13(14)6)19(12(4)5)10-11(2)3/h9,11-12,16H,7-8,10H2,1-6H3. The Hall–Kier alpha value is -1.16. The van der Waals surface area contributed by atoms with Crippen molar-refractivity contribution in [1.82, 2.24) is 15.3 Å². The van der Waals surface area contributed by atoms with E-state index in [1.807, 2.05) is 6.20 Å². The zero-order chi connectivity index (χ0) is 14.4. The van der Waals surface area contributed by atoms with Gasteiger partial charge in [-0.05, 0) is 33.2 Å². The van der Waals surface area contributed by atoms with Crippen molar-refractivity contribution >= 4 is 5.95 Å². The first-order valence-electron chi connectivity index (χ1n) is 7.25. The van der Waals surface area contributed by atoms with Crippen LogP contribution in [0.3, 0.4) is 0 Å². The van der Waals surface area contributed by atoms with Crippen LogP contribution in [0, 0.1) is 12.8 Å². The van der Waals surface area contributed by atoms with Gasteiger partial charge in [-0.2, -0.15) is 0 Å². The van der Waals surface area contributed by atoms with Crippen molar-refractivity contribution in [2.24, 2.45) is 5.92 Å². The normalized spacial score (nSPS) is 11.4. The average molecular weight is 264 g/mol. The zero-order valence-electron chi connectivity index (χ0n) is 13.2. The van der Waals surface area contributed by atoms with Crippen LogP contribution in [-0.2, 0) is 6.54 Å². The molecule has 4 heteroatoms. The van der Waals surface area contributed by atoms with Gasteiger partial charge >= 0.3 is 0 Å². The summed E-state index contributed by atoms with van der Waals surface area (Å²) in [4.78, 5) is 11.5. The van der Waals surface area contributed by atoms with Crippen molar-refractivity contribution in [3.63, 3.8) is 0 Å². The van der Waals surface area contributed by atoms with Crippen molar-refractivity contribution in [1.29, 1.82) is 0 Å². The van der Waals surface area contributed by atoms with Gasteiger partial charge in [-0.1, -0.05) is 20.8 Å². The summed E-state index contributed by atoms with van der Waals surface area (Å²) in [5, 5.41) is 3.32. The van der Waals surface area contributed by atoms with Crippen molar-refractivity contribution in [3.8, 4) is 0 Å². The summed E-state index contributed by atoms with van der Waals surface area (Å²) in [6.07, 6.45) is 1.95. The van der Waals surface area contributed by atoms with Gasteiger partial charge < -0.3 is 10.2 Å². The van der Waals surface area contributed by atoms with Crippen LogP contribution in [0.2, 0.25) is 0 Å². The summed E-state index contributed by atoms with van der Waals surface area (Å²) in [7, 11) is 0. The molecular formula is C15H28N4. The molecule has 0 aromatic carbocycles. The molecule has 4 nitrogen and oxygen atoms in total. The Morgan fingerprint density at radius 1 is 1.26 bits per heavy atom. The van der Waals surface area contributed by atoms with Crippen LogP contribution in [0.1, 0.15) is 45.9 Å². The molecule has 1 rings (SSSR count). The molecule has 0 unspecified atom stereocenters. The number of aryl methyl sites for hydroxylation is 1. The number of aromatic nitrogens is 2. The molecule has 108 valence electrons. The van der Waals surface area contributed by atoms with Crippen LogP contribution >= 0.6 is 0 Å². The van der Waals surface area contributed by atoms with E-state index in [4.69, 9.17) is 0 Å². The van der Waals surface area contributed by atoms with Gasteiger partial charge in [0.15, 0.2) is 0 Å². The van der Waals surface area contributed by atoms with Crippen LogP contribution in [0.25, 0.3) is 0 Å². The monoisotopic (exact) mass is 264 g/mol. The van der Waals surface area contributed by atoms with Gasteiger partial charge in [-0.15, -0.1) is 0 Å². The lowest BCUT2D eigenvalue weighted by Crippen LogP contribution is -2.35. The molecule has 0 bridgehead atoms. The molecule has 0 atom stereocenters. The Labute approximate surface area is 117 Å². The molecule has 1 heterocycles. The molecule has 1 N–H and O–H groups in total. The van der Waals surface area contributed by atoms with E-state index in [2.05, 4.69) is 61.7 Å². The second-order valence-electron chi connectivity index (χ2n) is 5.70. The number of nitrogens with one attached hydrogen (secondary N) is 1. The topological polar surface area (TPSA) is 41.1 Å². The molecule has 0 amide bonds. The highest BCUT2D eigenvalue weighted by molar-refractivity contribution is 5.34. The van der Waals surface area contributed by atoms with Crippen LogP contribution < -0.4 is 10.2 Å². The number of rotatable bonds is 7. The summed E-state index contributed by atoms with van der Waals surface area (Å²) in [6.45, 7) is 15.8. The van der Waals surface area contributed by atoms with Crippen molar-refractivity contribution in [2.45, 2.75) is 54.1 Å². The van der Waals surface area contributed by atoms with Crippen LogP contribution in [0.5, 0.6) is 0 Å². The SMILES string of the molecule is CCNCc1cnc(N(CC(C)C)C(C)C)nc1C. The molecule has 0 aliphatic rings. The van der Waals surface area contributed by atoms with E-state index in [0.29, 0.717) is 12.0 Å². The van der Waals surface area contributed by atoms with Gasteiger partial charge in [-0.3, -0.25) is 0 Å². The van der Waals surface area contributed by atoms with E-state index in [1.165, 1.54) is 5.56 Å². The maximum absolute atomic E-state index is 4.68. The zero-order valence-corrected chi connectivity index (χ0v) is 13.2. The molecule has 0 fully saturated rings. The largest absolute Gasteiger partial charge is 0.338 e. The predicted octanol–water partition coefficient (Wildman–Crippen LogP) is 2.77. The highest BCUT2D eigenvalue weighted by Crippen LogP contribution is 2.15. The summed E-state index contributed by atoms with van der Waals surface area (Å²) in [5.74, 6) is 1.45. The second-order valence-corrected chi connectivity index (χ2v) is 5.70. The summed E-state index contributed by atoms with van der Waals surface area (Å²) >= 11 is 0. The quantitative estimate of drug-likeness (QED) is 0.822. The first-order valence-corrected chi connectivity index (χ1v) is 7.25. The summed E-state index contributed by atoms with van der Waals surface area (Å²) in [5.41, 5.74) is 2.25. The molecule has 1 aromatic heterocycles. The van der Waals surface area contributed by atoms with E-state index < -0.39 is 0 Å². The molecule has 0 spiro atoms. The fourth-order valence-electron chi connectivity index (χ4n) is 1.97. The van der Waals surface area contributed by atoms with Crippen LogP contribution in [-0.4, -0.2) is 29.1 Å². The van der Waals surface area contributed by atoms with E-state index in [0.717, 1.165) is 31.3 Å². The molecule has 19 heavy (non-hydrogen) atoms. The highest BCUT2D eigenvalue weighted by Gasteiger charge is 2.15. The van der Waals surface area contributed by atoms with Gasteiger partial charge in [0.05, 0.1) is 0 Å². The Bertz CT molecular complexity index is 388. The van der Waals surface area contributed by atoms with Gasteiger partial charge in [0, 0.05) is 36.6 Å².